The second-order valence-corrected chi connectivity index (χ2v) is 8.91. The van der Waals surface area contributed by atoms with E-state index in [-0.39, 0.29) is 29.4 Å². The highest BCUT2D eigenvalue weighted by Gasteiger charge is 2.28. The molecule has 1 saturated heterocycles. The molecule has 1 aromatic heterocycles. The Balaban J connectivity index is 0.00000364. The van der Waals surface area contributed by atoms with Crippen LogP contribution in [0, 0.1) is 0 Å². The number of hydrogen-bond donors (Lipinski definition) is 1. The number of thiazole rings is 1. The quantitative estimate of drug-likeness (QED) is 0.345. The summed E-state index contributed by atoms with van der Waals surface area (Å²) in [5.74, 6) is 1.06. The summed E-state index contributed by atoms with van der Waals surface area (Å²) in [7, 11) is 0. The van der Waals surface area contributed by atoms with Crippen LogP contribution in [0.15, 0.2) is 10.4 Å². The van der Waals surface area contributed by atoms with Gasteiger partial charge < -0.3 is 10.2 Å². The van der Waals surface area contributed by atoms with Gasteiger partial charge in [-0.15, -0.1) is 35.3 Å². The number of aromatic nitrogens is 1. The molecule has 0 saturated carbocycles. The van der Waals surface area contributed by atoms with E-state index in [1.807, 2.05) is 0 Å². The molecule has 7 heteroatoms. The highest BCUT2D eigenvalue weighted by Crippen LogP contribution is 2.24. The van der Waals surface area contributed by atoms with Crippen LogP contribution in [0.4, 0.5) is 0 Å². The summed E-state index contributed by atoms with van der Waals surface area (Å²) in [6, 6.07) is 0.655. The average molecular weight is 508 g/mol. The molecule has 1 aliphatic heterocycles. The van der Waals surface area contributed by atoms with Crippen molar-refractivity contribution in [2.24, 2.45) is 4.99 Å². The van der Waals surface area contributed by atoms with Crippen molar-refractivity contribution < 1.29 is 0 Å². The molecule has 0 aromatic carbocycles. The van der Waals surface area contributed by atoms with E-state index in [1.165, 1.54) is 17.1 Å². The predicted molar refractivity (Wildman–Crippen MR) is 129 cm³/mol. The fourth-order valence-electron chi connectivity index (χ4n) is 3.43. The Morgan fingerprint density at radius 3 is 2.59 bits per heavy atom. The van der Waals surface area contributed by atoms with Gasteiger partial charge in [-0.3, -0.25) is 9.89 Å². The first-order valence-corrected chi connectivity index (χ1v) is 11.0. The Morgan fingerprint density at radius 2 is 2.04 bits per heavy atom. The molecular formula is C20H38IN5S. The summed E-state index contributed by atoms with van der Waals surface area (Å²) < 4.78 is 0. The van der Waals surface area contributed by atoms with Gasteiger partial charge in [0.05, 0.1) is 10.7 Å². The van der Waals surface area contributed by atoms with Crippen molar-refractivity contribution in [3.05, 3.63) is 16.1 Å². The maximum Gasteiger partial charge on any atom is 0.193 e. The zero-order valence-electron chi connectivity index (χ0n) is 17.9. The molecule has 1 N–H and O–H groups in total. The number of nitrogens with zero attached hydrogens (tertiary/aromatic N) is 4. The van der Waals surface area contributed by atoms with E-state index < -0.39 is 0 Å². The minimum atomic E-state index is 0. The third kappa shape index (κ3) is 7.16. The summed E-state index contributed by atoms with van der Waals surface area (Å²) >= 11 is 1.76. The fourth-order valence-corrected chi connectivity index (χ4v) is 4.44. The number of guanidine groups is 1. The molecule has 1 aliphatic rings. The highest BCUT2D eigenvalue weighted by atomic mass is 127. The van der Waals surface area contributed by atoms with Gasteiger partial charge in [0, 0.05) is 49.4 Å². The Labute approximate surface area is 187 Å². The van der Waals surface area contributed by atoms with Crippen molar-refractivity contribution in [2.75, 3.05) is 39.3 Å². The fraction of sp³-hybridized carbons (Fsp3) is 0.800. The molecule has 27 heavy (non-hydrogen) atoms. The van der Waals surface area contributed by atoms with Gasteiger partial charge in [0.2, 0.25) is 0 Å². The predicted octanol–water partition coefficient (Wildman–Crippen LogP) is 3.98. The number of nitrogens with one attached hydrogen (secondary N) is 1. The van der Waals surface area contributed by atoms with Gasteiger partial charge in [-0.25, -0.2) is 4.98 Å². The van der Waals surface area contributed by atoms with Crippen LogP contribution in [0.1, 0.15) is 58.7 Å². The Kier molecular flexibility index (Phi) is 10.5. The lowest BCUT2D eigenvalue weighted by atomic mass is 9.93. The van der Waals surface area contributed by atoms with Crippen LogP contribution < -0.4 is 5.32 Å². The summed E-state index contributed by atoms with van der Waals surface area (Å²) in [5, 5.41) is 6.86. The summed E-state index contributed by atoms with van der Waals surface area (Å²) in [6.45, 7) is 19.4. The summed E-state index contributed by atoms with van der Waals surface area (Å²) in [5.41, 5.74) is 1.32. The van der Waals surface area contributed by atoms with Gasteiger partial charge in [0.1, 0.15) is 0 Å². The third-order valence-electron chi connectivity index (χ3n) is 5.03. The first-order valence-electron chi connectivity index (χ1n) is 10.1. The molecule has 1 unspecified atom stereocenters. The van der Waals surface area contributed by atoms with Gasteiger partial charge in [-0.2, -0.15) is 0 Å². The molecule has 2 rings (SSSR count). The normalized spacial score (nSPS) is 18.1. The van der Waals surface area contributed by atoms with E-state index in [4.69, 9.17) is 9.98 Å². The minimum Gasteiger partial charge on any atom is -0.357 e. The first-order chi connectivity index (χ1) is 12.4. The number of rotatable bonds is 7. The average Bonchev–Trinajstić information content (AvgIpc) is 3.24. The third-order valence-corrected chi connectivity index (χ3v) is 5.94. The Morgan fingerprint density at radius 1 is 1.33 bits per heavy atom. The minimum absolute atomic E-state index is 0. The molecule has 5 nitrogen and oxygen atoms in total. The topological polar surface area (TPSA) is 43.8 Å². The standard InChI is InChI=1S/C20H37N5S.HI/c1-7-21-19(25-13-11-16(14-25)24(8-2)9-3)22-12-10-18-23-17(15-26-18)20(4,5)6;/h15-16H,7-14H2,1-6H3,(H,21,22);1H. The lowest BCUT2D eigenvalue weighted by Crippen LogP contribution is -2.43. The van der Waals surface area contributed by atoms with E-state index in [0.29, 0.717) is 6.04 Å². The number of halogens is 1. The zero-order chi connectivity index (χ0) is 19.2. The smallest absolute Gasteiger partial charge is 0.193 e. The van der Waals surface area contributed by atoms with E-state index in [0.717, 1.165) is 51.6 Å². The van der Waals surface area contributed by atoms with E-state index in [9.17, 15) is 0 Å². The molecule has 0 aliphatic carbocycles. The maximum atomic E-state index is 4.89. The van der Waals surface area contributed by atoms with E-state index in [1.54, 1.807) is 11.3 Å². The molecule has 0 radical (unpaired) electrons. The van der Waals surface area contributed by atoms with Crippen LogP contribution in [-0.4, -0.2) is 66.1 Å². The van der Waals surface area contributed by atoms with Crippen molar-refractivity contribution in [3.63, 3.8) is 0 Å². The molecule has 2 heterocycles. The number of likely N-dealkylation sites (N-methyl/N-ethyl adjacent to an activating group) is 1. The van der Waals surface area contributed by atoms with Crippen molar-refractivity contribution in [2.45, 2.75) is 65.8 Å². The Hall–Kier alpha value is -0.410. The molecule has 0 amide bonds. The second-order valence-electron chi connectivity index (χ2n) is 7.97. The summed E-state index contributed by atoms with van der Waals surface area (Å²) in [6.07, 6.45) is 2.15. The Bertz CT molecular complexity index is 577. The van der Waals surface area contributed by atoms with E-state index >= 15 is 0 Å². The van der Waals surface area contributed by atoms with Gasteiger partial charge in [-0.05, 0) is 26.4 Å². The summed E-state index contributed by atoms with van der Waals surface area (Å²) in [4.78, 5) is 14.7. The highest BCUT2D eigenvalue weighted by molar-refractivity contribution is 14.0. The number of hydrogen-bond acceptors (Lipinski definition) is 4. The van der Waals surface area contributed by atoms with Crippen LogP contribution >= 0.6 is 35.3 Å². The molecule has 1 aromatic rings. The van der Waals surface area contributed by atoms with Crippen molar-refractivity contribution in [1.82, 2.24) is 20.1 Å². The molecule has 1 atom stereocenters. The largest absolute Gasteiger partial charge is 0.357 e. The number of likely N-dealkylation sites (tertiary alicyclic amines) is 1. The van der Waals surface area contributed by atoms with Crippen LogP contribution in [0.5, 0.6) is 0 Å². The lowest BCUT2D eigenvalue weighted by molar-refractivity contribution is 0.223. The molecule has 0 bridgehead atoms. The van der Waals surface area contributed by atoms with Crippen molar-refractivity contribution in [1.29, 1.82) is 0 Å². The van der Waals surface area contributed by atoms with Gasteiger partial charge in [-0.1, -0.05) is 34.6 Å². The zero-order valence-corrected chi connectivity index (χ0v) is 21.1. The van der Waals surface area contributed by atoms with Crippen LogP contribution in [0.25, 0.3) is 0 Å². The second kappa shape index (κ2) is 11.6. The monoisotopic (exact) mass is 507 g/mol. The van der Waals surface area contributed by atoms with Crippen molar-refractivity contribution >= 4 is 41.3 Å². The SMILES string of the molecule is CCNC(=NCCc1nc(C(C)(C)C)cs1)N1CCC(N(CC)CC)C1.I. The molecule has 156 valence electrons. The first kappa shape index (κ1) is 24.6. The van der Waals surface area contributed by atoms with E-state index in [2.05, 4.69) is 62.0 Å². The molecule has 0 spiro atoms. The lowest BCUT2D eigenvalue weighted by Gasteiger charge is -2.27. The van der Waals surface area contributed by atoms with Crippen LogP contribution in [0.2, 0.25) is 0 Å². The molecule has 1 fully saturated rings. The van der Waals surface area contributed by atoms with Crippen molar-refractivity contribution in [3.8, 4) is 0 Å². The van der Waals surface area contributed by atoms with Gasteiger partial charge in [0.15, 0.2) is 5.96 Å². The van der Waals surface area contributed by atoms with Gasteiger partial charge in [0.25, 0.3) is 0 Å². The number of aliphatic imine (C=N–C) groups is 1. The van der Waals surface area contributed by atoms with Crippen LogP contribution in [-0.2, 0) is 11.8 Å². The van der Waals surface area contributed by atoms with Gasteiger partial charge >= 0.3 is 0 Å². The molecular weight excluding hydrogens is 469 g/mol. The maximum absolute atomic E-state index is 4.89. The van der Waals surface area contributed by atoms with Crippen LogP contribution in [0.3, 0.4) is 0 Å².